The van der Waals surface area contributed by atoms with Gasteiger partial charge in [-0.2, -0.15) is 0 Å². The van der Waals surface area contributed by atoms with Crippen LogP contribution in [0.25, 0.3) is 0 Å². The second-order valence-electron chi connectivity index (χ2n) is 11.0. The van der Waals surface area contributed by atoms with Gasteiger partial charge in [-0.1, -0.05) is 73.0 Å². The third kappa shape index (κ3) is 9.46. The molecule has 3 aromatic rings. The van der Waals surface area contributed by atoms with Crippen LogP contribution in [-0.4, -0.2) is 57.1 Å². The van der Waals surface area contributed by atoms with Crippen molar-refractivity contribution in [3.05, 3.63) is 95.0 Å². The Morgan fingerprint density at radius 1 is 0.977 bits per heavy atom. The number of methoxy groups -OCH3 is 1. The van der Waals surface area contributed by atoms with Crippen molar-refractivity contribution in [2.45, 2.75) is 63.6 Å². The summed E-state index contributed by atoms with van der Waals surface area (Å²) >= 11 is 6.13. The van der Waals surface area contributed by atoms with Crippen molar-refractivity contribution in [1.29, 1.82) is 0 Å². The maximum absolute atomic E-state index is 14.0. The number of halogens is 1. The van der Waals surface area contributed by atoms with E-state index in [1.165, 1.54) is 4.31 Å². The van der Waals surface area contributed by atoms with Gasteiger partial charge in [-0.15, -0.1) is 0 Å². The third-order valence-electron chi connectivity index (χ3n) is 7.71. The summed E-state index contributed by atoms with van der Waals surface area (Å²) in [6.07, 6.45) is 5.81. The topological polar surface area (TPSA) is 96.0 Å². The number of carbonyl (C=O) groups is 2. The number of hydrogen-bond donors (Lipinski definition) is 1. The number of anilines is 1. The summed E-state index contributed by atoms with van der Waals surface area (Å²) < 4.78 is 31.9. The summed E-state index contributed by atoms with van der Waals surface area (Å²) in [6.45, 7) is 0.297. The lowest BCUT2D eigenvalue weighted by Gasteiger charge is -2.33. The molecule has 0 heterocycles. The van der Waals surface area contributed by atoms with Gasteiger partial charge in [0.2, 0.25) is 21.8 Å². The average molecular weight is 626 g/mol. The van der Waals surface area contributed by atoms with E-state index in [0.29, 0.717) is 22.9 Å². The fourth-order valence-corrected chi connectivity index (χ4v) is 6.67. The molecule has 0 spiro atoms. The van der Waals surface area contributed by atoms with Gasteiger partial charge < -0.3 is 15.0 Å². The molecule has 0 aromatic heterocycles. The van der Waals surface area contributed by atoms with Crippen LogP contribution in [0.1, 0.15) is 49.7 Å². The molecule has 1 atom stereocenters. The first-order valence-electron chi connectivity index (χ1n) is 14.6. The number of amides is 2. The Hall–Kier alpha value is -3.56. The largest absolute Gasteiger partial charge is 0.497 e. The number of ether oxygens (including phenoxy) is 1. The Kier molecular flexibility index (Phi) is 11.5. The van der Waals surface area contributed by atoms with E-state index < -0.39 is 16.1 Å². The van der Waals surface area contributed by atoms with Crippen LogP contribution in [0.5, 0.6) is 5.75 Å². The molecule has 0 saturated heterocycles. The zero-order valence-corrected chi connectivity index (χ0v) is 26.3. The van der Waals surface area contributed by atoms with E-state index >= 15 is 0 Å². The Morgan fingerprint density at radius 2 is 1.67 bits per heavy atom. The minimum Gasteiger partial charge on any atom is -0.497 e. The number of nitrogens with zero attached hydrogens (tertiary/aromatic N) is 2. The molecule has 43 heavy (non-hydrogen) atoms. The van der Waals surface area contributed by atoms with Crippen molar-refractivity contribution in [1.82, 2.24) is 10.2 Å². The minimum atomic E-state index is -3.62. The standard InChI is InChI=1S/C33H40ClN3O5S/c1-42-30-18-8-13-26(21-30)24-36(31(22-25-11-4-3-5-12-25)33(39)35-28-15-6-7-16-28)32(38)19-10-20-37(43(2,40)41)29-17-9-14-27(34)23-29/h3-5,8-9,11-14,17-18,21,23,28,31H,6-7,10,15-16,19-20,22,24H2,1-2H3,(H,35,39)/t31-/m0/s1. The second kappa shape index (κ2) is 15.3. The van der Waals surface area contributed by atoms with Gasteiger partial charge in [-0.3, -0.25) is 13.9 Å². The smallest absolute Gasteiger partial charge is 0.243 e. The second-order valence-corrected chi connectivity index (χ2v) is 13.3. The molecule has 1 aliphatic carbocycles. The van der Waals surface area contributed by atoms with Gasteiger partial charge in [0.15, 0.2) is 0 Å². The molecule has 10 heteroatoms. The van der Waals surface area contributed by atoms with E-state index in [1.54, 1.807) is 36.3 Å². The van der Waals surface area contributed by atoms with Crippen LogP contribution in [0.15, 0.2) is 78.9 Å². The highest BCUT2D eigenvalue weighted by Gasteiger charge is 2.32. The van der Waals surface area contributed by atoms with Crippen LogP contribution >= 0.6 is 11.6 Å². The number of sulfonamides is 1. The quantitative estimate of drug-likeness (QED) is 0.252. The molecule has 230 valence electrons. The van der Waals surface area contributed by atoms with E-state index in [9.17, 15) is 18.0 Å². The van der Waals surface area contributed by atoms with Crippen molar-refractivity contribution in [3.8, 4) is 5.75 Å². The van der Waals surface area contributed by atoms with Crippen molar-refractivity contribution in [2.75, 3.05) is 24.2 Å². The van der Waals surface area contributed by atoms with Gasteiger partial charge in [0.25, 0.3) is 0 Å². The molecule has 8 nitrogen and oxygen atoms in total. The predicted molar refractivity (Wildman–Crippen MR) is 171 cm³/mol. The average Bonchev–Trinajstić information content (AvgIpc) is 3.50. The molecule has 1 fully saturated rings. The summed E-state index contributed by atoms with van der Waals surface area (Å²) in [5, 5.41) is 3.63. The first-order valence-corrected chi connectivity index (χ1v) is 16.9. The first-order chi connectivity index (χ1) is 20.6. The first kappa shape index (κ1) is 32.4. The Balaban J connectivity index is 1.60. The van der Waals surface area contributed by atoms with Gasteiger partial charge in [0.05, 0.1) is 19.1 Å². The monoisotopic (exact) mass is 625 g/mol. The number of nitrogens with one attached hydrogen (secondary N) is 1. The van der Waals surface area contributed by atoms with E-state index in [1.807, 2.05) is 54.6 Å². The maximum Gasteiger partial charge on any atom is 0.243 e. The highest BCUT2D eigenvalue weighted by atomic mass is 35.5. The van der Waals surface area contributed by atoms with Crippen molar-refractivity contribution >= 4 is 39.1 Å². The van der Waals surface area contributed by atoms with Gasteiger partial charge in [0, 0.05) is 37.0 Å². The number of benzene rings is 3. The summed E-state index contributed by atoms with van der Waals surface area (Å²) in [6, 6.07) is 23.1. The fourth-order valence-electron chi connectivity index (χ4n) is 5.52. The van der Waals surface area contributed by atoms with E-state index in [-0.39, 0.29) is 43.8 Å². The molecule has 0 bridgehead atoms. The third-order valence-corrected chi connectivity index (χ3v) is 9.14. The van der Waals surface area contributed by atoms with Gasteiger partial charge in [-0.05, 0) is 60.7 Å². The number of rotatable bonds is 14. The summed E-state index contributed by atoms with van der Waals surface area (Å²) in [7, 11) is -2.04. The summed E-state index contributed by atoms with van der Waals surface area (Å²) in [5.74, 6) is 0.249. The Labute approximate surface area is 260 Å². The highest BCUT2D eigenvalue weighted by Crippen LogP contribution is 2.24. The minimum absolute atomic E-state index is 0.0541. The molecule has 0 unspecified atom stereocenters. The van der Waals surface area contributed by atoms with Crippen LogP contribution in [0, 0.1) is 0 Å². The van der Waals surface area contributed by atoms with Crippen LogP contribution in [-0.2, 0) is 32.6 Å². The van der Waals surface area contributed by atoms with E-state index in [4.69, 9.17) is 16.3 Å². The maximum atomic E-state index is 14.0. The van der Waals surface area contributed by atoms with Gasteiger partial charge >= 0.3 is 0 Å². The molecule has 4 rings (SSSR count). The Morgan fingerprint density at radius 3 is 2.35 bits per heavy atom. The zero-order valence-electron chi connectivity index (χ0n) is 24.7. The molecule has 1 N–H and O–H groups in total. The van der Waals surface area contributed by atoms with E-state index in [0.717, 1.165) is 43.1 Å². The lowest BCUT2D eigenvalue weighted by atomic mass is 10.0. The fraction of sp³-hybridized carbons (Fsp3) is 0.394. The summed E-state index contributed by atoms with van der Waals surface area (Å²) in [5.41, 5.74) is 2.21. The SMILES string of the molecule is COc1cccc(CN(C(=O)CCCN(c2cccc(Cl)c2)S(C)(=O)=O)[C@@H](Cc2ccccc2)C(=O)NC2CCCC2)c1. The lowest BCUT2D eigenvalue weighted by Crippen LogP contribution is -2.52. The van der Waals surface area contributed by atoms with Crippen molar-refractivity contribution in [2.24, 2.45) is 0 Å². The van der Waals surface area contributed by atoms with Crippen molar-refractivity contribution < 1.29 is 22.7 Å². The van der Waals surface area contributed by atoms with Crippen molar-refractivity contribution in [3.63, 3.8) is 0 Å². The number of hydrogen-bond acceptors (Lipinski definition) is 5. The van der Waals surface area contributed by atoms with Crippen LogP contribution in [0.4, 0.5) is 5.69 Å². The van der Waals surface area contributed by atoms with Crippen LogP contribution < -0.4 is 14.4 Å². The van der Waals surface area contributed by atoms with Crippen LogP contribution in [0.3, 0.4) is 0 Å². The van der Waals surface area contributed by atoms with Gasteiger partial charge in [-0.25, -0.2) is 8.42 Å². The van der Waals surface area contributed by atoms with Gasteiger partial charge in [0.1, 0.15) is 11.8 Å². The molecule has 1 aliphatic rings. The molecule has 2 amide bonds. The molecule has 0 radical (unpaired) electrons. The number of carbonyl (C=O) groups excluding carboxylic acids is 2. The normalized spacial score (nSPS) is 14.2. The predicted octanol–water partition coefficient (Wildman–Crippen LogP) is 5.59. The highest BCUT2D eigenvalue weighted by molar-refractivity contribution is 7.92. The zero-order chi connectivity index (χ0) is 30.8. The molecule has 3 aromatic carbocycles. The molecule has 1 saturated carbocycles. The van der Waals surface area contributed by atoms with Crippen LogP contribution in [0.2, 0.25) is 5.02 Å². The molecular formula is C33H40ClN3O5S. The molecular weight excluding hydrogens is 586 g/mol. The Bertz CT molecular complexity index is 1480. The lowest BCUT2D eigenvalue weighted by molar-refractivity contribution is -0.141. The molecule has 0 aliphatic heterocycles. The summed E-state index contributed by atoms with van der Waals surface area (Å²) in [4.78, 5) is 29.5. The van der Waals surface area contributed by atoms with E-state index in [2.05, 4.69) is 5.32 Å².